The van der Waals surface area contributed by atoms with E-state index in [0.29, 0.717) is 0 Å². The van der Waals surface area contributed by atoms with Gasteiger partial charge in [-0.2, -0.15) is 0 Å². The largest absolute Gasteiger partial charge is 0.265 e. The molecule has 0 saturated carbocycles. The van der Waals surface area contributed by atoms with Gasteiger partial charge in [0.1, 0.15) is 0 Å². The lowest BCUT2D eigenvalue weighted by Gasteiger charge is -2.21. The van der Waals surface area contributed by atoms with Gasteiger partial charge in [0.15, 0.2) is 0 Å². The van der Waals surface area contributed by atoms with Crippen molar-refractivity contribution in [3.05, 3.63) is 179 Å². The van der Waals surface area contributed by atoms with Gasteiger partial charge in [0.05, 0.1) is 11.2 Å². The van der Waals surface area contributed by atoms with Crippen LogP contribution in [-0.4, -0.2) is 9.97 Å². The Morgan fingerprint density at radius 3 is 1.73 bits per heavy atom. The van der Waals surface area contributed by atoms with Crippen molar-refractivity contribution in [2.75, 3.05) is 0 Å². The summed E-state index contributed by atoms with van der Waals surface area (Å²) in [5, 5.41) is 1.12. The molecule has 0 N–H and O–H groups in total. The zero-order valence-corrected chi connectivity index (χ0v) is 26.3. The van der Waals surface area contributed by atoms with Gasteiger partial charge in [-0.3, -0.25) is 4.98 Å². The quantitative estimate of drug-likeness (QED) is 0.186. The second-order valence-electron chi connectivity index (χ2n) is 11.5. The monoisotopic (exact) mass is 572 g/mol. The highest BCUT2D eigenvalue weighted by Crippen LogP contribution is 2.38. The summed E-state index contributed by atoms with van der Waals surface area (Å²) in [5.74, 6) is 0. The van der Waals surface area contributed by atoms with E-state index in [0.717, 1.165) is 55.6 Å². The zero-order chi connectivity index (χ0) is 30.9. The lowest BCUT2D eigenvalue weighted by molar-refractivity contribution is 0.590. The van der Waals surface area contributed by atoms with Crippen molar-refractivity contribution >= 4 is 34.2 Å². The molecule has 0 aliphatic carbocycles. The molecule has 0 spiro atoms. The molecule has 2 aromatic heterocycles. The molecule has 44 heavy (non-hydrogen) atoms. The minimum atomic E-state index is 0.0768. The fourth-order valence-corrected chi connectivity index (χ4v) is 5.35. The van der Waals surface area contributed by atoms with E-state index in [4.69, 9.17) is 4.98 Å². The molecule has 2 nitrogen and oxygen atoms in total. The topological polar surface area (TPSA) is 25.8 Å². The predicted octanol–water partition coefficient (Wildman–Crippen LogP) is 11.1. The Morgan fingerprint density at radius 1 is 0.568 bits per heavy atom. The third-order valence-electron chi connectivity index (χ3n) is 7.58. The summed E-state index contributed by atoms with van der Waals surface area (Å²) in [7, 11) is 0. The van der Waals surface area contributed by atoms with Gasteiger partial charge in [-0.1, -0.05) is 150 Å². The van der Waals surface area contributed by atoms with Crippen LogP contribution in [0.15, 0.2) is 140 Å². The molecule has 0 bridgehead atoms. The molecular weight excluding hydrogens is 532 g/mol. The Labute approximate surface area is 262 Å². The van der Waals surface area contributed by atoms with Gasteiger partial charge in [-0.15, -0.1) is 0 Å². The van der Waals surface area contributed by atoms with Crippen molar-refractivity contribution in [3.8, 4) is 0 Å². The van der Waals surface area contributed by atoms with Crippen LogP contribution < -0.4 is 0 Å². The van der Waals surface area contributed by atoms with E-state index in [-0.39, 0.29) is 5.41 Å². The second kappa shape index (κ2) is 13.9. The Kier molecular flexibility index (Phi) is 9.62. The van der Waals surface area contributed by atoms with Crippen LogP contribution in [0.3, 0.4) is 0 Å². The molecule has 4 aromatic carbocycles. The highest BCUT2D eigenvalue weighted by molar-refractivity contribution is 6.05. The van der Waals surface area contributed by atoms with E-state index in [1.54, 1.807) is 0 Å². The van der Waals surface area contributed by atoms with Crippen molar-refractivity contribution in [1.82, 2.24) is 9.97 Å². The number of hydrogen-bond acceptors (Lipinski definition) is 2. The minimum absolute atomic E-state index is 0.0768. The Hall–Kier alpha value is -5.08. The maximum absolute atomic E-state index is 5.29. The molecule has 2 heteroatoms. The average Bonchev–Trinajstić information content (AvgIpc) is 3.08. The first-order valence-corrected chi connectivity index (χ1v) is 15.4. The van der Waals surface area contributed by atoms with Crippen LogP contribution in [0.2, 0.25) is 0 Å². The van der Waals surface area contributed by atoms with Gasteiger partial charge in [0.2, 0.25) is 0 Å². The summed E-state index contributed by atoms with van der Waals surface area (Å²) in [5.41, 5.74) is 11.2. The summed E-state index contributed by atoms with van der Waals surface area (Å²) >= 11 is 0. The minimum Gasteiger partial charge on any atom is -0.265 e. The van der Waals surface area contributed by atoms with Gasteiger partial charge in [-0.25, -0.2) is 4.98 Å². The summed E-state index contributed by atoms with van der Waals surface area (Å²) in [6.45, 7) is 10.8. The van der Waals surface area contributed by atoms with E-state index in [1.807, 2.05) is 38.4 Å². The lowest BCUT2D eigenvalue weighted by atomic mass is 9.83. The molecule has 0 aliphatic heterocycles. The first kappa shape index (κ1) is 30.4. The summed E-state index contributed by atoms with van der Waals surface area (Å²) in [6, 6.07) is 45.0. The van der Waals surface area contributed by atoms with Gasteiger partial charge < -0.3 is 0 Å². The molecule has 218 valence electrons. The highest BCUT2D eigenvalue weighted by Gasteiger charge is 2.20. The molecule has 2 heterocycles. The Balaban J connectivity index is 0.00000188. The molecule has 0 aliphatic rings. The van der Waals surface area contributed by atoms with Crippen LogP contribution in [-0.2, 0) is 5.41 Å². The van der Waals surface area contributed by atoms with Crippen LogP contribution in [0.4, 0.5) is 0 Å². The molecule has 6 aromatic rings. The summed E-state index contributed by atoms with van der Waals surface area (Å²) < 4.78 is 0. The first-order chi connectivity index (χ1) is 21.5. The molecule has 6 rings (SSSR count). The van der Waals surface area contributed by atoms with E-state index < -0.39 is 0 Å². The standard InChI is InChI=1S/C40H34N2.C2H6/c1-40(2,3)34-22-20-32(21-23-34)38(30-12-6-4-7-13-30)39(31-14-8-5-9-15-31)37-28-33(19-18-29-24-26-41-27-25-29)35-16-10-11-17-36(35)42-37;1-2/h4-28H,1-3H3;1-2H3/b19-18+,39-38+;. The fourth-order valence-electron chi connectivity index (χ4n) is 5.35. The van der Waals surface area contributed by atoms with Crippen LogP contribution >= 0.6 is 0 Å². The lowest BCUT2D eigenvalue weighted by Crippen LogP contribution is -2.10. The fraction of sp³-hybridized carbons (Fsp3) is 0.143. The van der Waals surface area contributed by atoms with Gasteiger partial charge in [0, 0.05) is 23.4 Å². The Bertz CT molecular complexity index is 1860. The highest BCUT2D eigenvalue weighted by atomic mass is 14.7. The second-order valence-corrected chi connectivity index (χ2v) is 11.5. The van der Waals surface area contributed by atoms with Crippen LogP contribution in [0.1, 0.15) is 73.7 Å². The number of pyridine rings is 2. The molecule has 0 radical (unpaired) electrons. The Morgan fingerprint density at radius 2 is 1.11 bits per heavy atom. The number of benzene rings is 4. The average molecular weight is 573 g/mol. The third-order valence-corrected chi connectivity index (χ3v) is 7.58. The van der Waals surface area contributed by atoms with Crippen LogP contribution in [0.5, 0.6) is 0 Å². The van der Waals surface area contributed by atoms with E-state index >= 15 is 0 Å². The molecule has 0 atom stereocenters. The predicted molar refractivity (Wildman–Crippen MR) is 189 cm³/mol. The van der Waals surface area contributed by atoms with Crippen molar-refractivity contribution in [1.29, 1.82) is 0 Å². The summed E-state index contributed by atoms with van der Waals surface area (Å²) in [4.78, 5) is 9.46. The van der Waals surface area contributed by atoms with Gasteiger partial charge in [0.25, 0.3) is 0 Å². The van der Waals surface area contributed by atoms with E-state index in [9.17, 15) is 0 Å². The molecule has 0 fully saturated rings. The first-order valence-electron chi connectivity index (χ1n) is 15.4. The number of rotatable bonds is 6. The molecule has 0 amide bonds. The maximum Gasteiger partial charge on any atom is 0.0728 e. The van der Waals surface area contributed by atoms with Crippen LogP contribution in [0, 0.1) is 0 Å². The summed E-state index contributed by atoms with van der Waals surface area (Å²) in [6.07, 6.45) is 7.97. The van der Waals surface area contributed by atoms with E-state index in [1.165, 1.54) is 5.56 Å². The smallest absolute Gasteiger partial charge is 0.0728 e. The maximum atomic E-state index is 5.29. The number of hydrogen-bond donors (Lipinski definition) is 0. The normalized spacial score (nSPS) is 12.0. The molecule has 0 saturated heterocycles. The van der Waals surface area contributed by atoms with Crippen molar-refractivity contribution < 1.29 is 0 Å². The number of para-hydroxylation sites is 1. The van der Waals surface area contributed by atoms with Crippen molar-refractivity contribution in [2.45, 2.75) is 40.0 Å². The number of nitrogens with zero attached hydrogens (tertiary/aromatic N) is 2. The van der Waals surface area contributed by atoms with Crippen molar-refractivity contribution in [2.24, 2.45) is 0 Å². The zero-order valence-electron chi connectivity index (χ0n) is 26.3. The van der Waals surface area contributed by atoms with Gasteiger partial charge >= 0.3 is 0 Å². The van der Waals surface area contributed by atoms with E-state index in [2.05, 4.69) is 153 Å². The SMILES string of the molecule is CC.CC(C)(C)c1ccc(/C(=C(\c2ccccc2)c2cc(/C=C/c3ccncc3)c3ccccc3n2)c2ccccc2)cc1. The van der Waals surface area contributed by atoms with Crippen molar-refractivity contribution in [3.63, 3.8) is 0 Å². The number of aromatic nitrogens is 2. The molecular formula is C42H40N2. The van der Waals surface area contributed by atoms with Crippen LogP contribution in [0.25, 0.3) is 34.2 Å². The third kappa shape index (κ3) is 6.93. The number of fused-ring (bicyclic) bond motifs is 1. The molecule has 0 unspecified atom stereocenters. The van der Waals surface area contributed by atoms with Gasteiger partial charge in [-0.05, 0) is 68.6 Å².